The maximum Gasteiger partial charge on any atom is 0.356 e. The maximum atomic E-state index is 12.4. The summed E-state index contributed by atoms with van der Waals surface area (Å²) in [4.78, 5) is 30.8. The number of anilines is 1. The lowest BCUT2D eigenvalue weighted by Gasteiger charge is -2.22. The number of aromatic nitrogens is 4. The van der Waals surface area contributed by atoms with Crippen molar-refractivity contribution < 1.29 is 14.7 Å². The molecule has 2 rings (SSSR count). The van der Waals surface area contributed by atoms with Crippen molar-refractivity contribution >= 4 is 17.7 Å². The molecule has 25 heavy (non-hydrogen) atoms. The van der Waals surface area contributed by atoms with Crippen LogP contribution in [0.3, 0.4) is 0 Å². The third kappa shape index (κ3) is 4.20. The Labute approximate surface area is 146 Å². The quantitative estimate of drug-likeness (QED) is 0.885. The van der Waals surface area contributed by atoms with Crippen LogP contribution in [0.2, 0.25) is 0 Å². The van der Waals surface area contributed by atoms with Crippen molar-refractivity contribution in [3.05, 3.63) is 35.5 Å². The van der Waals surface area contributed by atoms with Crippen LogP contribution in [0.1, 0.15) is 68.2 Å². The van der Waals surface area contributed by atoms with Gasteiger partial charge in [0.05, 0.1) is 23.6 Å². The summed E-state index contributed by atoms with van der Waals surface area (Å²) in [5.74, 6) is -1.12. The lowest BCUT2D eigenvalue weighted by Crippen LogP contribution is -2.27. The van der Waals surface area contributed by atoms with E-state index in [0.717, 1.165) is 18.1 Å². The molecule has 0 fully saturated rings. The van der Waals surface area contributed by atoms with Crippen LogP contribution >= 0.6 is 0 Å². The number of hydrogen-bond donors (Lipinski definition) is 2. The predicted molar refractivity (Wildman–Crippen MR) is 92.9 cm³/mol. The zero-order valence-corrected chi connectivity index (χ0v) is 15.3. The van der Waals surface area contributed by atoms with Gasteiger partial charge in [0.1, 0.15) is 11.5 Å². The zero-order valence-electron chi connectivity index (χ0n) is 15.3. The first kappa shape index (κ1) is 18.6. The van der Waals surface area contributed by atoms with Gasteiger partial charge < -0.3 is 10.4 Å². The normalized spacial score (nSPS) is 12.1. The van der Waals surface area contributed by atoms with Gasteiger partial charge in [0, 0.05) is 11.5 Å². The molecule has 0 spiro atoms. The van der Waals surface area contributed by atoms with Crippen LogP contribution in [0.25, 0.3) is 0 Å². The van der Waals surface area contributed by atoms with Gasteiger partial charge in [-0.1, -0.05) is 20.8 Å². The van der Waals surface area contributed by atoms with E-state index in [0.29, 0.717) is 5.82 Å². The van der Waals surface area contributed by atoms with E-state index in [1.165, 1.54) is 0 Å². The maximum absolute atomic E-state index is 12.4. The molecule has 8 nitrogen and oxygen atoms in total. The van der Waals surface area contributed by atoms with E-state index in [4.69, 9.17) is 5.11 Å². The Bertz CT molecular complexity index is 795. The van der Waals surface area contributed by atoms with Gasteiger partial charge in [0.2, 0.25) is 0 Å². The Morgan fingerprint density at radius 2 is 1.60 bits per heavy atom. The van der Waals surface area contributed by atoms with Gasteiger partial charge in [-0.25, -0.2) is 19.4 Å². The van der Waals surface area contributed by atoms with Crippen LogP contribution in [0.4, 0.5) is 5.82 Å². The van der Waals surface area contributed by atoms with Crippen LogP contribution in [0, 0.1) is 0 Å². The summed E-state index contributed by atoms with van der Waals surface area (Å²) in [6.07, 6.45) is 2.19. The third-order valence-corrected chi connectivity index (χ3v) is 3.46. The molecule has 0 aliphatic carbocycles. The largest absolute Gasteiger partial charge is 0.476 e. The second-order valence-electron chi connectivity index (χ2n) is 7.79. The molecule has 2 aromatic heterocycles. The molecular formula is C17H23N5O3. The minimum Gasteiger partial charge on any atom is -0.476 e. The molecule has 0 aliphatic rings. The molecule has 134 valence electrons. The van der Waals surface area contributed by atoms with E-state index in [1.807, 2.05) is 47.6 Å². The Morgan fingerprint density at radius 3 is 2.04 bits per heavy atom. The van der Waals surface area contributed by atoms with Crippen molar-refractivity contribution in [1.82, 2.24) is 19.7 Å². The fourth-order valence-corrected chi connectivity index (χ4v) is 2.08. The molecule has 0 saturated carbocycles. The summed E-state index contributed by atoms with van der Waals surface area (Å²) in [5, 5.41) is 16.3. The lowest BCUT2D eigenvalue weighted by atomic mass is 9.92. The smallest absolute Gasteiger partial charge is 0.356 e. The molecule has 0 aromatic carbocycles. The second-order valence-corrected chi connectivity index (χ2v) is 7.79. The van der Waals surface area contributed by atoms with Crippen molar-refractivity contribution in [1.29, 1.82) is 0 Å². The number of nitrogens with zero attached hydrogens (tertiary/aromatic N) is 4. The van der Waals surface area contributed by atoms with Crippen molar-refractivity contribution in [2.45, 2.75) is 52.5 Å². The van der Waals surface area contributed by atoms with Crippen LogP contribution in [0.5, 0.6) is 0 Å². The predicted octanol–water partition coefficient (Wildman–Crippen LogP) is 2.68. The molecule has 0 aliphatic heterocycles. The minimum atomic E-state index is -1.19. The summed E-state index contributed by atoms with van der Waals surface area (Å²) in [6, 6.07) is 1.84. The zero-order chi connectivity index (χ0) is 19.0. The molecule has 2 N–H and O–H groups in total. The molecule has 0 radical (unpaired) electrons. The first-order valence-electron chi connectivity index (χ1n) is 7.87. The summed E-state index contributed by atoms with van der Waals surface area (Å²) in [5.41, 5.74) is 0.171. The van der Waals surface area contributed by atoms with Crippen LogP contribution in [-0.4, -0.2) is 36.7 Å². The molecule has 1 amide bonds. The average Bonchev–Trinajstić information content (AvgIpc) is 2.91. The molecule has 8 heteroatoms. The molecule has 0 saturated heterocycles. The monoisotopic (exact) mass is 345 g/mol. The average molecular weight is 345 g/mol. The van der Waals surface area contributed by atoms with Gasteiger partial charge in [-0.2, -0.15) is 5.10 Å². The number of carbonyl (C=O) groups excluding carboxylic acids is 1. The number of aromatic carboxylic acids is 1. The topological polar surface area (TPSA) is 110 Å². The van der Waals surface area contributed by atoms with E-state index in [2.05, 4.69) is 20.4 Å². The standard InChI is InChI=1S/C17H23N5O3/c1-16(2,3)12-7-13(22(21-12)17(4,5)6)20-14(23)10-8-19-11(9-18-10)15(24)25/h7-9H,1-6H3,(H,20,23)(H,24,25). The number of carbonyl (C=O) groups is 2. The van der Waals surface area contributed by atoms with E-state index in [1.54, 1.807) is 4.68 Å². The lowest BCUT2D eigenvalue weighted by molar-refractivity contribution is 0.0689. The van der Waals surface area contributed by atoms with Gasteiger partial charge in [0.15, 0.2) is 5.69 Å². The van der Waals surface area contributed by atoms with E-state index in [-0.39, 0.29) is 22.3 Å². The van der Waals surface area contributed by atoms with Gasteiger partial charge in [-0.05, 0) is 20.8 Å². The van der Waals surface area contributed by atoms with Crippen molar-refractivity contribution in [2.75, 3.05) is 5.32 Å². The fourth-order valence-electron chi connectivity index (χ4n) is 2.08. The van der Waals surface area contributed by atoms with Gasteiger partial charge in [-0.3, -0.25) is 4.79 Å². The highest BCUT2D eigenvalue weighted by molar-refractivity contribution is 6.02. The highest BCUT2D eigenvalue weighted by atomic mass is 16.4. The number of rotatable bonds is 3. The van der Waals surface area contributed by atoms with Crippen molar-refractivity contribution in [3.8, 4) is 0 Å². The van der Waals surface area contributed by atoms with Crippen LogP contribution in [0.15, 0.2) is 18.5 Å². The van der Waals surface area contributed by atoms with Crippen molar-refractivity contribution in [2.24, 2.45) is 0 Å². The molecule has 0 bridgehead atoms. The molecule has 0 unspecified atom stereocenters. The number of amides is 1. The first-order chi connectivity index (χ1) is 11.4. The Kier molecular flexibility index (Phi) is 4.66. The third-order valence-electron chi connectivity index (χ3n) is 3.46. The van der Waals surface area contributed by atoms with Crippen LogP contribution in [-0.2, 0) is 11.0 Å². The Morgan fingerprint density at radius 1 is 1.04 bits per heavy atom. The number of carboxylic acids is 1. The fraction of sp³-hybridized carbons (Fsp3) is 0.471. The summed E-state index contributed by atoms with van der Waals surface area (Å²) < 4.78 is 1.75. The number of hydrogen-bond acceptors (Lipinski definition) is 5. The Hall–Kier alpha value is -2.77. The first-order valence-corrected chi connectivity index (χ1v) is 7.87. The Balaban J connectivity index is 2.33. The van der Waals surface area contributed by atoms with E-state index >= 15 is 0 Å². The summed E-state index contributed by atoms with van der Waals surface area (Å²) in [6.45, 7) is 12.1. The van der Waals surface area contributed by atoms with Crippen LogP contribution < -0.4 is 5.32 Å². The summed E-state index contributed by atoms with van der Waals surface area (Å²) >= 11 is 0. The van der Waals surface area contributed by atoms with E-state index < -0.39 is 11.9 Å². The number of carboxylic acid groups (broad SMARTS) is 1. The highest BCUT2D eigenvalue weighted by Crippen LogP contribution is 2.28. The summed E-state index contributed by atoms with van der Waals surface area (Å²) in [7, 11) is 0. The molecule has 2 aromatic rings. The SMILES string of the molecule is CC(C)(C)c1cc(NC(=O)c2cnc(C(=O)O)cn2)n(C(C)(C)C)n1. The molecular weight excluding hydrogens is 322 g/mol. The van der Waals surface area contributed by atoms with E-state index in [9.17, 15) is 9.59 Å². The highest BCUT2D eigenvalue weighted by Gasteiger charge is 2.26. The van der Waals surface area contributed by atoms with Crippen molar-refractivity contribution in [3.63, 3.8) is 0 Å². The van der Waals surface area contributed by atoms with Gasteiger partial charge >= 0.3 is 5.97 Å². The van der Waals surface area contributed by atoms with Gasteiger partial charge in [-0.15, -0.1) is 0 Å². The number of nitrogens with one attached hydrogen (secondary N) is 1. The minimum absolute atomic E-state index is 0.0315. The molecule has 0 atom stereocenters. The van der Waals surface area contributed by atoms with Gasteiger partial charge in [0.25, 0.3) is 5.91 Å². The second kappa shape index (κ2) is 6.27. The molecule has 2 heterocycles.